The van der Waals surface area contributed by atoms with E-state index < -0.39 is 0 Å². The maximum Gasteiger partial charge on any atom is 0.137 e. The second kappa shape index (κ2) is 9.97. The van der Waals surface area contributed by atoms with Crippen molar-refractivity contribution in [3.8, 4) is 22.3 Å². The van der Waals surface area contributed by atoms with Crippen LogP contribution in [0.1, 0.15) is 25.0 Å². The molecule has 48 heavy (non-hydrogen) atoms. The van der Waals surface area contributed by atoms with Gasteiger partial charge in [0.05, 0.1) is 16.8 Å². The van der Waals surface area contributed by atoms with E-state index in [1.54, 1.807) is 0 Å². The lowest BCUT2D eigenvalue weighted by molar-refractivity contribution is 0.660. The smallest absolute Gasteiger partial charge is 0.137 e. The molecule has 0 bridgehead atoms. The predicted molar refractivity (Wildman–Crippen MR) is 199 cm³/mol. The fourth-order valence-electron chi connectivity index (χ4n) is 8.08. The van der Waals surface area contributed by atoms with Crippen molar-refractivity contribution in [2.45, 2.75) is 19.3 Å². The standard InChI is InChI=1S/C45H31NO2/c1-45(2)34-16-6-3-12-31(34)43-35(45)17-10-18-36(43)46(37-19-11-23-41-44(37)33-14-5-8-21-39(33)48-41)29-26-24-28(25-27-29)30-15-9-22-40-42(30)32-13-4-7-20-38(32)47-40/h3-27H,1-2H3. The molecule has 1 aliphatic rings. The fourth-order valence-corrected chi connectivity index (χ4v) is 8.08. The van der Waals surface area contributed by atoms with Crippen molar-refractivity contribution in [2.24, 2.45) is 0 Å². The molecular formula is C45H31NO2. The molecule has 0 saturated heterocycles. The highest BCUT2D eigenvalue weighted by Gasteiger charge is 2.38. The van der Waals surface area contributed by atoms with Gasteiger partial charge in [-0.05, 0) is 76.3 Å². The van der Waals surface area contributed by atoms with E-state index in [4.69, 9.17) is 8.83 Å². The molecule has 228 valence electrons. The molecule has 10 rings (SSSR count). The van der Waals surface area contributed by atoms with Gasteiger partial charge in [-0.25, -0.2) is 0 Å². The zero-order valence-corrected chi connectivity index (χ0v) is 26.7. The van der Waals surface area contributed by atoms with E-state index in [1.165, 1.54) is 22.3 Å². The summed E-state index contributed by atoms with van der Waals surface area (Å²) in [6.45, 7) is 4.68. The molecule has 0 spiro atoms. The molecule has 3 heteroatoms. The Bertz CT molecular complexity index is 2710. The van der Waals surface area contributed by atoms with E-state index in [1.807, 2.05) is 18.2 Å². The van der Waals surface area contributed by atoms with Gasteiger partial charge in [0.15, 0.2) is 0 Å². The Morgan fingerprint density at radius 2 is 0.979 bits per heavy atom. The molecule has 0 amide bonds. The minimum atomic E-state index is -0.113. The first-order chi connectivity index (χ1) is 23.6. The van der Waals surface area contributed by atoms with Gasteiger partial charge in [-0.15, -0.1) is 0 Å². The Morgan fingerprint density at radius 3 is 1.75 bits per heavy atom. The van der Waals surface area contributed by atoms with Crippen LogP contribution >= 0.6 is 0 Å². The molecule has 0 fully saturated rings. The number of fused-ring (bicyclic) bond motifs is 9. The number of benzene rings is 7. The van der Waals surface area contributed by atoms with E-state index in [9.17, 15) is 0 Å². The summed E-state index contributed by atoms with van der Waals surface area (Å²) in [6, 6.07) is 54.0. The SMILES string of the molecule is CC1(C)c2ccccc2-c2c(N(c3ccc(-c4cccc5oc6ccccc6c45)cc3)c3cccc4oc5ccccc5c34)cccc21. The first kappa shape index (κ1) is 27.1. The van der Waals surface area contributed by atoms with Gasteiger partial charge in [0.25, 0.3) is 0 Å². The number of nitrogens with zero attached hydrogens (tertiary/aromatic N) is 1. The summed E-state index contributed by atoms with van der Waals surface area (Å²) in [7, 11) is 0. The summed E-state index contributed by atoms with van der Waals surface area (Å²) in [4.78, 5) is 2.43. The normalized spacial score (nSPS) is 13.4. The van der Waals surface area contributed by atoms with E-state index in [0.717, 1.165) is 72.1 Å². The second-order valence-electron chi connectivity index (χ2n) is 13.3. The first-order valence-corrected chi connectivity index (χ1v) is 16.5. The molecule has 0 aliphatic heterocycles. The number of furan rings is 2. The minimum Gasteiger partial charge on any atom is -0.456 e. The molecule has 0 radical (unpaired) electrons. The van der Waals surface area contributed by atoms with Crippen molar-refractivity contribution < 1.29 is 8.83 Å². The summed E-state index contributed by atoms with van der Waals surface area (Å²) in [5.74, 6) is 0. The van der Waals surface area contributed by atoms with Gasteiger partial charge < -0.3 is 13.7 Å². The van der Waals surface area contributed by atoms with E-state index in [-0.39, 0.29) is 5.41 Å². The van der Waals surface area contributed by atoms with Crippen molar-refractivity contribution in [2.75, 3.05) is 4.90 Å². The highest BCUT2D eigenvalue weighted by atomic mass is 16.3. The van der Waals surface area contributed by atoms with E-state index in [0.29, 0.717) is 0 Å². The Morgan fingerprint density at radius 1 is 0.438 bits per heavy atom. The summed E-state index contributed by atoms with van der Waals surface area (Å²) < 4.78 is 12.6. The monoisotopic (exact) mass is 617 g/mol. The molecule has 2 aromatic heterocycles. The quantitative estimate of drug-likeness (QED) is 0.197. The number of hydrogen-bond acceptors (Lipinski definition) is 3. The van der Waals surface area contributed by atoms with Crippen molar-refractivity contribution in [1.29, 1.82) is 0 Å². The Hall–Kier alpha value is -6.06. The number of rotatable bonds is 4. The van der Waals surface area contributed by atoms with Gasteiger partial charge in [0.1, 0.15) is 22.3 Å². The van der Waals surface area contributed by atoms with Crippen molar-refractivity contribution in [3.05, 3.63) is 163 Å². The van der Waals surface area contributed by atoms with Gasteiger partial charge in [0, 0.05) is 32.8 Å². The van der Waals surface area contributed by atoms with Gasteiger partial charge in [-0.2, -0.15) is 0 Å². The highest BCUT2D eigenvalue weighted by molar-refractivity contribution is 6.15. The van der Waals surface area contributed by atoms with Crippen molar-refractivity contribution in [3.63, 3.8) is 0 Å². The summed E-state index contributed by atoms with van der Waals surface area (Å²) in [5.41, 5.74) is 14.4. The third-order valence-corrected chi connectivity index (χ3v) is 10.3. The van der Waals surface area contributed by atoms with Crippen LogP contribution in [0.25, 0.3) is 66.1 Å². The van der Waals surface area contributed by atoms with Crippen LogP contribution in [0.2, 0.25) is 0 Å². The van der Waals surface area contributed by atoms with Crippen LogP contribution in [-0.4, -0.2) is 0 Å². The van der Waals surface area contributed by atoms with Crippen molar-refractivity contribution in [1.82, 2.24) is 0 Å². The average molecular weight is 618 g/mol. The lowest BCUT2D eigenvalue weighted by Crippen LogP contribution is -2.16. The largest absolute Gasteiger partial charge is 0.456 e. The summed E-state index contributed by atoms with van der Waals surface area (Å²) >= 11 is 0. The van der Waals surface area contributed by atoms with Gasteiger partial charge >= 0.3 is 0 Å². The maximum atomic E-state index is 6.41. The zero-order valence-electron chi connectivity index (χ0n) is 26.7. The van der Waals surface area contributed by atoms with E-state index in [2.05, 4.69) is 152 Å². The van der Waals surface area contributed by atoms with Crippen molar-refractivity contribution >= 4 is 60.9 Å². The van der Waals surface area contributed by atoms with E-state index >= 15 is 0 Å². The molecule has 1 aliphatic carbocycles. The molecule has 2 heterocycles. The van der Waals surface area contributed by atoms with Crippen LogP contribution in [0, 0.1) is 0 Å². The van der Waals surface area contributed by atoms with Gasteiger partial charge in [0.2, 0.25) is 0 Å². The van der Waals surface area contributed by atoms with Crippen LogP contribution in [0.5, 0.6) is 0 Å². The molecule has 0 unspecified atom stereocenters. The molecule has 0 N–H and O–H groups in total. The van der Waals surface area contributed by atoms with Crippen LogP contribution < -0.4 is 4.90 Å². The molecule has 3 nitrogen and oxygen atoms in total. The predicted octanol–water partition coefficient (Wildman–Crippen LogP) is 12.9. The van der Waals surface area contributed by atoms with Crippen LogP contribution in [-0.2, 0) is 5.41 Å². The topological polar surface area (TPSA) is 29.5 Å². The molecule has 0 atom stereocenters. The molecule has 7 aromatic carbocycles. The van der Waals surface area contributed by atoms with Gasteiger partial charge in [-0.1, -0.05) is 117 Å². The first-order valence-electron chi connectivity index (χ1n) is 16.5. The fraction of sp³-hybridized carbons (Fsp3) is 0.0667. The third kappa shape index (κ3) is 3.76. The summed E-state index contributed by atoms with van der Waals surface area (Å²) in [6.07, 6.45) is 0. The number of anilines is 3. The zero-order chi connectivity index (χ0) is 32.0. The number of para-hydroxylation sites is 2. The lowest BCUT2D eigenvalue weighted by Gasteiger charge is -2.29. The average Bonchev–Trinajstić information content (AvgIpc) is 3.77. The van der Waals surface area contributed by atoms with Crippen LogP contribution in [0.3, 0.4) is 0 Å². The second-order valence-corrected chi connectivity index (χ2v) is 13.3. The van der Waals surface area contributed by atoms with Crippen LogP contribution in [0.15, 0.2) is 160 Å². The molecule has 9 aromatic rings. The Kier molecular flexibility index (Phi) is 5.63. The van der Waals surface area contributed by atoms with Gasteiger partial charge in [-0.3, -0.25) is 0 Å². The number of hydrogen-bond donors (Lipinski definition) is 0. The Labute approximate surface area is 278 Å². The minimum absolute atomic E-state index is 0.113. The molecule has 0 saturated carbocycles. The summed E-state index contributed by atoms with van der Waals surface area (Å²) in [5, 5.41) is 4.49. The third-order valence-electron chi connectivity index (χ3n) is 10.3. The molecular weight excluding hydrogens is 587 g/mol. The lowest BCUT2D eigenvalue weighted by atomic mass is 9.82. The Balaban J connectivity index is 1.23. The highest BCUT2D eigenvalue weighted by Crippen LogP contribution is 2.55. The maximum absolute atomic E-state index is 6.41. The van der Waals surface area contributed by atoms with Crippen LogP contribution in [0.4, 0.5) is 17.1 Å².